The van der Waals surface area contributed by atoms with Crippen LogP contribution in [0.1, 0.15) is 63.5 Å². The van der Waals surface area contributed by atoms with Gasteiger partial charge in [0.05, 0.1) is 23.4 Å². The summed E-state index contributed by atoms with van der Waals surface area (Å²) in [6.07, 6.45) is 1.54. The van der Waals surface area contributed by atoms with Gasteiger partial charge in [-0.05, 0) is 56.2 Å². The van der Waals surface area contributed by atoms with E-state index in [0.717, 1.165) is 30.9 Å². The Bertz CT molecular complexity index is 1220. The highest BCUT2D eigenvalue weighted by Crippen LogP contribution is 2.67. The van der Waals surface area contributed by atoms with E-state index in [9.17, 15) is 34.5 Å². The van der Waals surface area contributed by atoms with Gasteiger partial charge in [-0.25, -0.2) is 0 Å². The van der Waals surface area contributed by atoms with Crippen LogP contribution in [0.3, 0.4) is 0 Å². The summed E-state index contributed by atoms with van der Waals surface area (Å²) < 4.78 is 16.8. The Balaban J connectivity index is 1.45. The molecule has 37 heavy (non-hydrogen) atoms. The van der Waals surface area contributed by atoms with Crippen LogP contribution in [0, 0.1) is 11.8 Å². The van der Waals surface area contributed by atoms with Gasteiger partial charge in [-0.15, -0.1) is 0 Å². The van der Waals surface area contributed by atoms with Crippen LogP contribution in [0.25, 0.3) is 0 Å². The average molecular weight is 515 g/mol. The first-order chi connectivity index (χ1) is 17.5. The number of aromatic hydroxyl groups is 1. The molecule has 1 saturated carbocycles. The van der Waals surface area contributed by atoms with E-state index in [0.29, 0.717) is 12.8 Å². The maximum atomic E-state index is 13.2. The smallest absolute Gasteiger partial charge is 0.315 e. The molecule has 5 rings (SSSR count). The van der Waals surface area contributed by atoms with E-state index >= 15 is 0 Å². The molecule has 3 aliphatic carbocycles. The van der Waals surface area contributed by atoms with Crippen LogP contribution in [-0.2, 0) is 40.5 Å². The van der Waals surface area contributed by atoms with E-state index in [1.165, 1.54) is 6.92 Å². The summed E-state index contributed by atoms with van der Waals surface area (Å²) in [5.74, 6) is -4.49. The van der Waals surface area contributed by atoms with E-state index in [2.05, 4.69) is 0 Å². The number of carbonyl (C=O) groups is 4. The van der Waals surface area contributed by atoms with Crippen LogP contribution in [0.2, 0.25) is 0 Å². The van der Waals surface area contributed by atoms with Gasteiger partial charge in [0, 0.05) is 18.9 Å². The number of carboxylic acid groups (broad SMARTS) is 1. The number of carboxylic acids is 1. The zero-order valence-corrected chi connectivity index (χ0v) is 20.7. The molecule has 0 unspecified atom stereocenters. The molecule has 1 heterocycles. The van der Waals surface area contributed by atoms with Crippen LogP contribution in [-0.4, -0.2) is 56.8 Å². The van der Waals surface area contributed by atoms with Gasteiger partial charge in [0.2, 0.25) is 0 Å². The standard InChI is InChI=1S/C27H30O10/c1-13(35-14(2)28)19(30)11-16(12-21(31)32)25(33)36-20-7-9-27(34)17-4-3-8-26(27)22-15(10-17)5-6-18(29)23(22)37-24(20)26/h5-7,13,16-17,24,29,34H,3-4,8-12H2,1-2H3,(H,31,32)/t13-,16-,17+,24-,26-,27+/m0/s1. The number of phenols is 1. The third-order valence-corrected chi connectivity index (χ3v) is 8.48. The maximum absolute atomic E-state index is 13.2. The number of ketones is 1. The van der Waals surface area contributed by atoms with Crippen LogP contribution in [0.5, 0.6) is 11.5 Å². The molecule has 0 saturated heterocycles. The highest BCUT2D eigenvalue weighted by atomic mass is 16.6. The van der Waals surface area contributed by atoms with E-state index in [1.807, 2.05) is 6.07 Å². The molecule has 1 spiro atoms. The van der Waals surface area contributed by atoms with Crippen molar-refractivity contribution in [1.82, 2.24) is 0 Å². The molecule has 0 amide bonds. The number of esters is 2. The third-order valence-electron chi connectivity index (χ3n) is 8.48. The number of aliphatic carboxylic acids is 1. The van der Waals surface area contributed by atoms with Gasteiger partial charge in [0.1, 0.15) is 5.76 Å². The summed E-state index contributed by atoms with van der Waals surface area (Å²) in [6.45, 7) is 2.50. The number of aliphatic hydroxyl groups is 1. The Morgan fingerprint density at radius 2 is 1.97 bits per heavy atom. The first-order valence-electron chi connectivity index (χ1n) is 12.6. The maximum Gasteiger partial charge on any atom is 0.315 e. The first-order valence-corrected chi connectivity index (χ1v) is 12.6. The van der Waals surface area contributed by atoms with Crippen molar-refractivity contribution in [2.75, 3.05) is 0 Å². The van der Waals surface area contributed by atoms with Gasteiger partial charge in [0.15, 0.2) is 29.5 Å². The molecule has 10 nitrogen and oxygen atoms in total. The SMILES string of the molecule is CC(=O)O[C@@H](C)C(=O)C[C@@H](CC(=O)O)C(=O)OC1=CC[C@@]2(O)[C@@H]3CCC[C@@]24c2c(ccc(O)c2O[C@@H]14)C3. The molecule has 1 aromatic rings. The largest absolute Gasteiger partial charge is 0.504 e. The quantitative estimate of drug-likeness (QED) is 0.440. The first kappa shape index (κ1) is 25.3. The summed E-state index contributed by atoms with van der Waals surface area (Å²) >= 11 is 0. The summed E-state index contributed by atoms with van der Waals surface area (Å²) in [6, 6.07) is 3.42. The van der Waals surface area contributed by atoms with Crippen molar-refractivity contribution in [2.24, 2.45) is 11.8 Å². The van der Waals surface area contributed by atoms with Crippen molar-refractivity contribution in [3.63, 3.8) is 0 Å². The number of Topliss-reactive ketones (excluding diaryl/α,β-unsaturated/α-hetero) is 1. The van der Waals surface area contributed by atoms with Gasteiger partial charge < -0.3 is 29.5 Å². The normalized spacial score (nSPS) is 30.2. The third kappa shape index (κ3) is 3.80. The number of rotatable bonds is 8. The van der Waals surface area contributed by atoms with Crippen molar-refractivity contribution in [2.45, 2.75) is 82.0 Å². The second-order valence-corrected chi connectivity index (χ2v) is 10.6. The molecule has 0 aromatic heterocycles. The Morgan fingerprint density at radius 1 is 1.22 bits per heavy atom. The van der Waals surface area contributed by atoms with Crippen LogP contribution in [0.15, 0.2) is 24.0 Å². The van der Waals surface area contributed by atoms with Gasteiger partial charge in [-0.1, -0.05) is 12.5 Å². The minimum absolute atomic E-state index is 0.0241. The number of benzene rings is 1. The fraction of sp³-hybridized carbons (Fsp3) is 0.556. The number of hydrogen-bond donors (Lipinski definition) is 3. The number of hydrogen-bond acceptors (Lipinski definition) is 9. The van der Waals surface area contributed by atoms with Crippen molar-refractivity contribution >= 4 is 23.7 Å². The van der Waals surface area contributed by atoms with Crippen LogP contribution in [0.4, 0.5) is 0 Å². The molecule has 0 radical (unpaired) electrons. The van der Waals surface area contributed by atoms with E-state index < -0.39 is 65.7 Å². The fourth-order valence-corrected chi connectivity index (χ4v) is 6.90. The lowest BCUT2D eigenvalue weighted by atomic mass is 9.47. The van der Waals surface area contributed by atoms with Crippen molar-refractivity contribution in [1.29, 1.82) is 0 Å². The topological polar surface area (TPSA) is 157 Å². The molecule has 4 aliphatic rings. The molecule has 2 bridgehead atoms. The minimum atomic E-state index is -1.32. The van der Waals surface area contributed by atoms with Crippen molar-refractivity contribution in [3.05, 3.63) is 35.1 Å². The summed E-state index contributed by atoms with van der Waals surface area (Å²) in [7, 11) is 0. The predicted octanol–water partition coefficient (Wildman–Crippen LogP) is 2.31. The molecular weight excluding hydrogens is 484 g/mol. The fourth-order valence-electron chi connectivity index (χ4n) is 6.90. The second-order valence-electron chi connectivity index (χ2n) is 10.6. The summed E-state index contributed by atoms with van der Waals surface area (Å²) in [4.78, 5) is 48.4. The van der Waals surface area contributed by atoms with Gasteiger partial charge in [-0.2, -0.15) is 0 Å². The lowest BCUT2D eigenvalue weighted by Crippen LogP contribution is -2.67. The summed E-state index contributed by atoms with van der Waals surface area (Å²) in [5.41, 5.74) is -0.311. The van der Waals surface area contributed by atoms with Crippen LogP contribution >= 0.6 is 0 Å². The highest BCUT2D eigenvalue weighted by Gasteiger charge is 2.70. The van der Waals surface area contributed by atoms with Gasteiger partial charge in [-0.3, -0.25) is 19.2 Å². The summed E-state index contributed by atoms with van der Waals surface area (Å²) in [5, 5.41) is 32.0. The zero-order valence-electron chi connectivity index (χ0n) is 20.7. The van der Waals surface area contributed by atoms with E-state index in [4.69, 9.17) is 14.2 Å². The van der Waals surface area contributed by atoms with Crippen LogP contribution < -0.4 is 4.74 Å². The molecular formula is C27H30O10. The van der Waals surface area contributed by atoms with Gasteiger partial charge in [0.25, 0.3) is 0 Å². The number of ether oxygens (including phenoxy) is 3. The van der Waals surface area contributed by atoms with Crippen molar-refractivity contribution in [3.8, 4) is 11.5 Å². The van der Waals surface area contributed by atoms with E-state index in [1.54, 1.807) is 12.1 Å². The van der Waals surface area contributed by atoms with E-state index in [-0.39, 0.29) is 29.6 Å². The Hall–Kier alpha value is -3.40. The molecule has 10 heteroatoms. The molecule has 6 atom stereocenters. The molecule has 1 aliphatic heterocycles. The van der Waals surface area contributed by atoms with Gasteiger partial charge >= 0.3 is 17.9 Å². The molecule has 198 valence electrons. The second kappa shape index (κ2) is 8.86. The molecule has 1 fully saturated rings. The zero-order chi connectivity index (χ0) is 26.7. The van der Waals surface area contributed by atoms with Crippen molar-refractivity contribution < 1.29 is 48.7 Å². The number of phenolic OH excluding ortho intramolecular Hbond substituents is 1. The predicted molar refractivity (Wildman–Crippen MR) is 126 cm³/mol. The molecule has 1 aromatic carbocycles. The molecule has 3 N–H and O–H groups in total. The Kier molecular flexibility index (Phi) is 6.05. The highest BCUT2D eigenvalue weighted by molar-refractivity contribution is 5.90. The minimum Gasteiger partial charge on any atom is -0.504 e. The Morgan fingerprint density at radius 3 is 2.68 bits per heavy atom. The lowest BCUT2D eigenvalue weighted by molar-refractivity contribution is -0.164. The monoisotopic (exact) mass is 514 g/mol. The Labute approximate surface area is 213 Å². The lowest BCUT2D eigenvalue weighted by Gasteiger charge is -2.59. The number of carbonyl (C=O) groups excluding carboxylic acids is 3. The average Bonchev–Trinajstić information content (AvgIpc) is 3.16.